The van der Waals surface area contributed by atoms with E-state index in [4.69, 9.17) is 18.9 Å². The Balaban J connectivity index is 1.74. The van der Waals surface area contributed by atoms with Crippen LogP contribution < -0.4 is 23.8 Å². The number of rotatable bonds is 6. The van der Waals surface area contributed by atoms with Gasteiger partial charge in [-0.3, -0.25) is 4.79 Å². The first-order valence-electron chi connectivity index (χ1n) is 9.09. The van der Waals surface area contributed by atoms with Gasteiger partial charge in [0.1, 0.15) is 11.5 Å². The van der Waals surface area contributed by atoms with Gasteiger partial charge in [0.05, 0.1) is 34.0 Å². The zero-order valence-electron chi connectivity index (χ0n) is 16.7. The van der Waals surface area contributed by atoms with E-state index >= 15 is 0 Å². The Hall–Kier alpha value is -3.09. The minimum atomic E-state index is -0.0805. The van der Waals surface area contributed by atoms with Crippen molar-refractivity contribution in [2.24, 2.45) is 0 Å². The molecular formula is C21H26N2O5. The number of piperazine rings is 1. The third-order valence-corrected chi connectivity index (χ3v) is 4.92. The first kappa shape index (κ1) is 19.7. The lowest BCUT2D eigenvalue weighted by Crippen LogP contribution is -2.48. The van der Waals surface area contributed by atoms with E-state index in [-0.39, 0.29) is 5.91 Å². The molecule has 0 spiro atoms. The van der Waals surface area contributed by atoms with Crippen LogP contribution in [0.15, 0.2) is 36.4 Å². The topological polar surface area (TPSA) is 60.5 Å². The molecule has 7 heteroatoms. The van der Waals surface area contributed by atoms with Crippen LogP contribution in [0.1, 0.15) is 10.4 Å². The van der Waals surface area contributed by atoms with Crippen LogP contribution in [0.4, 0.5) is 5.69 Å². The van der Waals surface area contributed by atoms with E-state index in [2.05, 4.69) is 11.0 Å². The van der Waals surface area contributed by atoms with Gasteiger partial charge in [0.2, 0.25) is 0 Å². The third kappa shape index (κ3) is 3.93. The molecule has 3 rings (SSSR count). The van der Waals surface area contributed by atoms with Crippen molar-refractivity contribution in [2.75, 3.05) is 59.5 Å². The number of benzene rings is 2. The van der Waals surface area contributed by atoms with Crippen molar-refractivity contribution in [1.82, 2.24) is 4.90 Å². The average molecular weight is 386 g/mol. The molecule has 1 saturated heterocycles. The number of methoxy groups -OCH3 is 4. The van der Waals surface area contributed by atoms with Crippen LogP contribution in [-0.2, 0) is 0 Å². The van der Waals surface area contributed by atoms with Crippen molar-refractivity contribution in [3.8, 4) is 23.0 Å². The number of anilines is 1. The summed E-state index contributed by atoms with van der Waals surface area (Å²) in [6.07, 6.45) is 0. The second-order valence-corrected chi connectivity index (χ2v) is 6.39. The minimum absolute atomic E-state index is 0.0805. The molecule has 0 aliphatic carbocycles. The smallest absolute Gasteiger partial charge is 0.257 e. The molecule has 0 saturated carbocycles. The van der Waals surface area contributed by atoms with Crippen LogP contribution >= 0.6 is 0 Å². The van der Waals surface area contributed by atoms with Crippen molar-refractivity contribution in [2.45, 2.75) is 0 Å². The average Bonchev–Trinajstić information content (AvgIpc) is 2.77. The molecule has 1 fully saturated rings. The molecule has 1 heterocycles. The summed E-state index contributed by atoms with van der Waals surface area (Å²) in [6.45, 7) is 2.73. The Morgan fingerprint density at radius 2 is 1.43 bits per heavy atom. The van der Waals surface area contributed by atoms with Crippen molar-refractivity contribution in [1.29, 1.82) is 0 Å². The first-order valence-corrected chi connectivity index (χ1v) is 9.09. The lowest BCUT2D eigenvalue weighted by molar-refractivity contribution is 0.0743. The van der Waals surface area contributed by atoms with Gasteiger partial charge in [-0.05, 0) is 12.1 Å². The molecular weight excluding hydrogens is 360 g/mol. The van der Waals surface area contributed by atoms with Gasteiger partial charge in [0.25, 0.3) is 5.91 Å². The molecule has 2 aromatic carbocycles. The SMILES string of the molecule is COc1cccc(N2CCN(C(=O)c3cc(OC)c(OC)cc3OC)CC2)c1. The molecule has 1 amide bonds. The number of amides is 1. The predicted octanol–water partition coefficient (Wildman–Crippen LogP) is 2.68. The van der Waals surface area contributed by atoms with E-state index in [1.54, 1.807) is 40.6 Å². The van der Waals surface area contributed by atoms with Gasteiger partial charge in [-0.25, -0.2) is 0 Å². The molecule has 28 heavy (non-hydrogen) atoms. The summed E-state index contributed by atoms with van der Waals surface area (Å²) in [5, 5.41) is 0. The fourth-order valence-electron chi connectivity index (χ4n) is 3.34. The summed E-state index contributed by atoms with van der Waals surface area (Å²) in [7, 11) is 6.30. The molecule has 0 aromatic heterocycles. The lowest BCUT2D eigenvalue weighted by atomic mass is 10.1. The van der Waals surface area contributed by atoms with E-state index in [0.29, 0.717) is 35.9 Å². The fourth-order valence-corrected chi connectivity index (χ4v) is 3.34. The van der Waals surface area contributed by atoms with E-state index < -0.39 is 0 Å². The Morgan fingerprint density at radius 1 is 0.786 bits per heavy atom. The summed E-state index contributed by atoms with van der Waals surface area (Å²) in [5.41, 5.74) is 1.56. The molecule has 7 nitrogen and oxygen atoms in total. The van der Waals surface area contributed by atoms with Crippen LogP contribution in [-0.4, -0.2) is 65.4 Å². The van der Waals surface area contributed by atoms with Crippen molar-refractivity contribution >= 4 is 11.6 Å². The largest absolute Gasteiger partial charge is 0.497 e. The summed E-state index contributed by atoms with van der Waals surface area (Å²) in [6, 6.07) is 11.3. The van der Waals surface area contributed by atoms with Gasteiger partial charge in [-0.15, -0.1) is 0 Å². The summed E-state index contributed by atoms with van der Waals surface area (Å²) in [4.78, 5) is 17.2. The van der Waals surface area contributed by atoms with Gasteiger partial charge in [0.15, 0.2) is 11.5 Å². The molecule has 0 bridgehead atoms. The molecule has 150 valence electrons. The molecule has 0 atom stereocenters. The Labute approximate surface area is 165 Å². The predicted molar refractivity (Wildman–Crippen MR) is 107 cm³/mol. The maximum atomic E-state index is 13.1. The maximum absolute atomic E-state index is 13.1. The third-order valence-electron chi connectivity index (χ3n) is 4.92. The van der Waals surface area contributed by atoms with Crippen LogP contribution in [0, 0.1) is 0 Å². The molecule has 0 unspecified atom stereocenters. The van der Waals surface area contributed by atoms with Crippen molar-refractivity contribution in [3.05, 3.63) is 42.0 Å². The number of nitrogens with zero attached hydrogens (tertiary/aromatic N) is 2. The van der Waals surface area contributed by atoms with Crippen LogP contribution in [0.3, 0.4) is 0 Å². The molecule has 2 aromatic rings. The lowest BCUT2D eigenvalue weighted by Gasteiger charge is -2.36. The minimum Gasteiger partial charge on any atom is -0.497 e. The second-order valence-electron chi connectivity index (χ2n) is 6.39. The van der Waals surface area contributed by atoms with Gasteiger partial charge >= 0.3 is 0 Å². The highest BCUT2D eigenvalue weighted by Crippen LogP contribution is 2.35. The van der Waals surface area contributed by atoms with Crippen LogP contribution in [0.25, 0.3) is 0 Å². The van der Waals surface area contributed by atoms with E-state index in [9.17, 15) is 4.79 Å². The number of hydrogen-bond acceptors (Lipinski definition) is 6. The molecule has 0 N–H and O–H groups in total. The monoisotopic (exact) mass is 386 g/mol. The number of ether oxygens (including phenoxy) is 4. The van der Waals surface area contributed by atoms with Gasteiger partial charge in [-0.2, -0.15) is 0 Å². The molecule has 1 aliphatic rings. The maximum Gasteiger partial charge on any atom is 0.257 e. The zero-order valence-corrected chi connectivity index (χ0v) is 16.7. The first-order chi connectivity index (χ1) is 13.6. The number of carbonyl (C=O) groups is 1. The Morgan fingerprint density at radius 3 is 2.04 bits per heavy atom. The highest BCUT2D eigenvalue weighted by Gasteiger charge is 2.26. The standard InChI is InChI=1S/C21H26N2O5/c1-25-16-7-5-6-15(12-16)22-8-10-23(11-9-22)21(24)17-13-19(27-3)20(28-4)14-18(17)26-2/h5-7,12-14H,8-11H2,1-4H3. The van der Waals surface area contributed by atoms with E-state index in [1.807, 2.05) is 23.1 Å². The Bertz CT molecular complexity index is 832. The summed E-state index contributed by atoms with van der Waals surface area (Å²) in [5.74, 6) is 2.24. The summed E-state index contributed by atoms with van der Waals surface area (Å²) >= 11 is 0. The van der Waals surface area contributed by atoms with E-state index in [1.165, 1.54) is 0 Å². The Kier molecular flexibility index (Phi) is 6.13. The quantitative estimate of drug-likeness (QED) is 0.761. The van der Waals surface area contributed by atoms with Crippen LogP contribution in [0.2, 0.25) is 0 Å². The molecule has 1 aliphatic heterocycles. The van der Waals surface area contributed by atoms with Gasteiger partial charge < -0.3 is 28.7 Å². The zero-order chi connectivity index (χ0) is 20.1. The van der Waals surface area contributed by atoms with Crippen LogP contribution in [0.5, 0.6) is 23.0 Å². The number of carbonyl (C=O) groups excluding carboxylic acids is 1. The fraction of sp³-hybridized carbons (Fsp3) is 0.381. The second kappa shape index (κ2) is 8.73. The highest BCUT2D eigenvalue weighted by molar-refractivity contribution is 5.98. The van der Waals surface area contributed by atoms with Crippen molar-refractivity contribution in [3.63, 3.8) is 0 Å². The summed E-state index contributed by atoms with van der Waals surface area (Å²) < 4.78 is 21.3. The number of hydrogen-bond donors (Lipinski definition) is 0. The highest BCUT2D eigenvalue weighted by atomic mass is 16.5. The van der Waals surface area contributed by atoms with E-state index in [0.717, 1.165) is 24.5 Å². The van der Waals surface area contributed by atoms with Gasteiger partial charge in [0, 0.05) is 50.1 Å². The molecule has 0 radical (unpaired) electrons. The van der Waals surface area contributed by atoms with Gasteiger partial charge in [-0.1, -0.05) is 6.07 Å². The van der Waals surface area contributed by atoms with Crippen molar-refractivity contribution < 1.29 is 23.7 Å². The normalized spacial score (nSPS) is 13.9.